The zero-order valence-corrected chi connectivity index (χ0v) is 11.7. The highest BCUT2D eigenvalue weighted by atomic mass is 32.1. The van der Waals surface area contributed by atoms with Crippen molar-refractivity contribution < 1.29 is 4.74 Å². The molecule has 0 amide bonds. The van der Waals surface area contributed by atoms with Gasteiger partial charge in [-0.25, -0.2) is 9.97 Å². The number of rotatable bonds is 4. The Balaban J connectivity index is 1.68. The Labute approximate surface area is 116 Å². The first-order chi connectivity index (χ1) is 9.35. The molecule has 1 saturated heterocycles. The van der Waals surface area contributed by atoms with E-state index in [2.05, 4.69) is 15.7 Å². The number of hydrogen-bond acceptors (Lipinski definition) is 5. The molecule has 0 bridgehead atoms. The van der Waals surface area contributed by atoms with Gasteiger partial charge in [0.15, 0.2) is 0 Å². The molecule has 4 nitrogen and oxygen atoms in total. The average Bonchev–Trinajstić information content (AvgIpc) is 3.10. The van der Waals surface area contributed by atoms with Crippen molar-refractivity contribution in [3.63, 3.8) is 0 Å². The number of hydrogen-bond donors (Lipinski definition) is 1. The monoisotopic (exact) mass is 275 g/mol. The SMILES string of the molecule is COc1ccc(Cc2nc(C3CCCN3)cs2)cn1. The highest BCUT2D eigenvalue weighted by Crippen LogP contribution is 2.25. The predicted molar refractivity (Wildman–Crippen MR) is 75.7 cm³/mol. The van der Waals surface area contributed by atoms with Crippen LogP contribution in [0.3, 0.4) is 0 Å². The summed E-state index contributed by atoms with van der Waals surface area (Å²) in [6, 6.07) is 4.39. The summed E-state index contributed by atoms with van der Waals surface area (Å²) in [5.74, 6) is 0.652. The minimum absolute atomic E-state index is 0.457. The van der Waals surface area contributed by atoms with Crippen molar-refractivity contribution in [1.82, 2.24) is 15.3 Å². The minimum atomic E-state index is 0.457. The third-order valence-corrected chi connectivity index (χ3v) is 4.22. The van der Waals surface area contributed by atoms with Crippen LogP contribution in [0.2, 0.25) is 0 Å². The molecule has 0 spiro atoms. The Morgan fingerprint density at radius 3 is 3.11 bits per heavy atom. The Morgan fingerprint density at radius 1 is 1.47 bits per heavy atom. The van der Waals surface area contributed by atoms with Gasteiger partial charge in [0.2, 0.25) is 5.88 Å². The molecule has 3 heterocycles. The maximum atomic E-state index is 5.06. The fourth-order valence-electron chi connectivity index (χ4n) is 2.31. The van der Waals surface area contributed by atoms with Crippen LogP contribution in [0.25, 0.3) is 0 Å². The van der Waals surface area contributed by atoms with E-state index in [9.17, 15) is 0 Å². The molecule has 2 aromatic heterocycles. The fraction of sp³-hybridized carbons (Fsp3) is 0.429. The lowest BCUT2D eigenvalue weighted by molar-refractivity contribution is 0.397. The van der Waals surface area contributed by atoms with Crippen molar-refractivity contribution in [2.45, 2.75) is 25.3 Å². The predicted octanol–water partition coefficient (Wildman–Crippen LogP) is 2.56. The molecule has 5 heteroatoms. The van der Waals surface area contributed by atoms with E-state index >= 15 is 0 Å². The van der Waals surface area contributed by atoms with E-state index in [0.29, 0.717) is 11.9 Å². The van der Waals surface area contributed by atoms with Gasteiger partial charge >= 0.3 is 0 Å². The molecule has 3 rings (SSSR count). The van der Waals surface area contributed by atoms with Crippen molar-refractivity contribution >= 4 is 11.3 Å². The van der Waals surface area contributed by atoms with Gasteiger partial charge < -0.3 is 10.1 Å². The van der Waals surface area contributed by atoms with Gasteiger partial charge in [0.1, 0.15) is 0 Å². The molecular weight excluding hydrogens is 258 g/mol. The molecular formula is C14H17N3OS. The van der Waals surface area contributed by atoms with E-state index in [1.807, 2.05) is 18.3 Å². The van der Waals surface area contributed by atoms with Gasteiger partial charge in [0.25, 0.3) is 0 Å². The molecule has 1 aliphatic heterocycles. The number of nitrogens with one attached hydrogen (secondary N) is 1. The molecule has 1 fully saturated rings. The van der Waals surface area contributed by atoms with Crippen LogP contribution >= 0.6 is 11.3 Å². The largest absolute Gasteiger partial charge is 0.481 e. The number of aromatic nitrogens is 2. The second kappa shape index (κ2) is 5.67. The van der Waals surface area contributed by atoms with Crippen LogP contribution in [-0.2, 0) is 6.42 Å². The smallest absolute Gasteiger partial charge is 0.212 e. The van der Waals surface area contributed by atoms with E-state index in [1.165, 1.54) is 24.1 Å². The van der Waals surface area contributed by atoms with Crippen LogP contribution in [-0.4, -0.2) is 23.6 Å². The van der Waals surface area contributed by atoms with Crippen LogP contribution in [0.15, 0.2) is 23.7 Å². The summed E-state index contributed by atoms with van der Waals surface area (Å²) in [5.41, 5.74) is 2.36. The summed E-state index contributed by atoms with van der Waals surface area (Å²) in [4.78, 5) is 8.95. The topological polar surface area (TPSA) is 47.0 Å². The first kappa shape index (κ1) is 12.6. The van der Waals surface area contributed by atoms with Crippen molar-refractivity contribution in [2.75, 3.05) is 13.7 Å². The molecule has 1 unspecified atom stereocenters. The lowest BCUT2D eigenvalue weighted by atomic mass is 10.2. The van der Waals surface area contributed by atoms with Crippen LogP contribution in [0.5, 0.6) is 5.88 Å². The highest BCUT2D eigenvalue weighted by Gasteiger charge is 2.18. The molecule has 0 saturated carbocycles. The van der Waals surface area contributed by atoms with Gasteiger partial charge in [-0.2, -0.15) is 0 Å². The molecule has 0 radical (unpaired) electrons. The lowest BCUT2D eigenvalue weighted by Gasteiger charge is -2.05. The van der Waals surface area contributed by atoms with Gasteiger partial charge in [0.05, 0.1) is 23.9 Å². The summed E-state index contributed by atoms with van der Waals surface area (Å²) in [6.07, 6.45) is 5.15. The molecule has 1 aliphatic rings. The lowest BCUT2D eigenvalue weighted by Crippen LogP contribution is -2.13. The molecule has 100 valence electrons. The maximum absolute atomic E-state index is 5.06. The molecule has 19 heavy (non-hydrogen) atoms. The third kappa shape index (κ3) is 2.93. The Morgan fingerprint density at radius 2 is 2.42 bits per heavy atom. The number of methoxy groups -OCH3 is 1. The van der Waals surface area contributed by atoms with Gasteiger partial charge in [0, 0.05) is 24.1 Å². The highest BCUT2D eigenvalue weighted by molar-refractivity contribution is 7.09. The van der Waals surface area contributed by atoms with E-state index in [-0.39, 0.29) is 0 Å². The van der Waals surface area contributed by atoms with Crippen molar-refractivity contribution in [3.8, 4) is 5.88 Å². The zero-order valence-electron chi connectivity index (χ0n) is 10.9. The van der Waals surface area contributed by atoms with Crippen molar-refractivity contribution in [3.05, 3.63) is 40.0 Å². The van der Waals surface area contributed by atoms with Gasteiger partial charge in [-0.05, 0) is 24.9 Å². The summed E-state index contributed by atoms with van der Waals surface area (Å²) in [5, 5.41) is 6.81. The maximum Gasteiger partial charge on any atom is 0.212 e. The zero-order chi connectivity index (χ0) is 13.1. The van der Waals surface area contributed by atoms with Crippen LogP contribution in [0, 0.1) is 0 Å². The number of nitrogens with zero attached hydrogens (tertiary/aromatic N) is 2. The van der Waals surface area contributed by atoms with Gasteiger partial charge in [-0.1, -0.05) is 6.07 Å². The first-order valence-electron chi connectivity index (χ1n) is 6.52. The second-order valence-electron chi connectivity index (χ2n) is 4.70. The van der Waals surface area contributed by atoms with Crippen LogP contribution in [0.1, 0.15) is 35.1 Å². The molecule has 0 aromatic carbocycles. The van der Waals surface area contributed by atoms with Crippen LogP contribution in [0.4, 0.5) is 0 Å². The van der Waals surface area contributed by atoms with Crippen LogP contribution < -0.4 is 10.1 Å². The summed E-state index contributed by atoms with van der Waals surface area (Å²) < 4.78 is 5.06. The Kier molecular flexibility index (Phi) is 3.75. The molecule has 2 aromatic rings. The van der Waals surface area contributed by atoms with Gasteiger partial charge in [-0.15, -0.1) is 11.3 Å². The van der Waals surface area contributed by atoms with E-state index in [4.69, 9.17) is 9.72 Å². The normalized spacial score (nSPS) is 18.7. The first-order valence-corrected chi connectivity index (χ1v) is 7.40. The van der Waals surface area contributed by atoms with Crippen molar-refractivity contribution in [2.24, 2.45) is 0 Å². The number of thiazole rings is 1. The Hall–Kier alpha value is -1.46. The minimum Gasteiger partial charge on any atom is -0.481 e. The summed E-state index contributed by atoms with van der Waals surface area (Å²) in [6.45, 7) is 1.11. The summed E-state index contributed by atoms with van der Waals surface area (Å²) in [7, 11) is 1.63. The third-order valence-electron chi connectivity index (χ3n) is 3.35. The van der Waals surface area contributed by atoms with Gasteiger partial charge in [-0.3, -0.25) is 0 Å². The van der Waals surface area contributed by atoms with E-state index in [0.717, 1.165) is 18.0 Å². The standard InChI is InChI=1S/C14H17N3OS/c1-18-13-5-4-10(8-16-13)7-14-17-12(9-19-14)11-3-2-6-15-11/h4-5,8-9,11,15H,2-3,6-7H2,1H3. The number of pyridine rings is 1. The number of ether oxygens (including phenoxy) is 1. The van der Waals surface area contributed by atoms with Crippen molar-refractivity contribution in [1.29, 1.82) is 0 Å². The molecule has 1 atom stereocenters. The Bertz CT molecular complexity index is 532. The summed E-state index contributed by atoms with van der Waals surface area (Å²) >= 11 is 1.73. The second-order valence-corrected chi connectivity index (χ2v) is 5.64. The molecule has 0 aliphatic carbocycles. The molecule has 1 N–H and O–H groups in total. The fourth-order valence-corrected chi connectivity index (χ4v) is 3.20. The quantitative estimate of drug-likeness (QED) is 0.931. The average molecular weight is 275 g/mol. The van der Waals surface area contributed by atoms with E-state index in [1.54, 1.807) is 18.4 Å². The van der Waals surface area contributed by atoms with E-state index < -0.39 is 0 Å².